The number of piperidine rings is 1. The fraction of sp³-hybridized carbons (Fsp3) is 0.913. The predicted octanol–water partition coefficient (Wildman–Crippen LogP) is 2.09. The summed E-state index contributed by atoms with van der Waals surface area (Å²) in [5.74, 6) is 1.34. The molecule has 2 saturated heterocycles. The smallest absolute Gasteiger partial charge is 0.236 e. The highest BCUT2D eigenvalue weighted by Gasteiger charge is 2.24. The lowest BCUT2D eigenvalue weighted by molar-refractivity contribution is -0.133. The van der Waals surface area contributed by atoms with Gasteiger partial charge < -0.3 is 15.1 Å². The second-order valence-corrected chi connectivity index (χ2v) is 9.22. The second-order valence-electron chi connectivity index (χ2n) is 9.22. The molecular weight excluding hydrogens is 376 g/mol. The molecule has 0 aliphatic carbocycles. The van der Waals surface area contributed by atoms with Crippen LogP contribution in [0.25, 0.3) is 0 Å². The molecule has 1 N–H and O–H groups in total. The molecule has 0 unspecified atom stereocenters. The van der Waals surface area contributed by atoms with Gasteiger partial charge in [0.15, 0.2) is 5.96 Å². The van der Waals surface area contributed by atoms with Gasteiger partial charge in [-0.25, -0.2) is 0 Å². The third kappa shape index (κ3) is 8.06. The Morgan fingerprint density at radius 1 is 0.933 bits per heavy atom. The van der Waals surface area contributed by atoms with Crippen molar-refractivity contribution in [1.82, 2.24) is 24.9 Å². The minimum absolute atomic E-state index is 0.309. The fourth-order valence-electron chi connectivity index (χ4n) is 4.53. The van der Waals surface area contributed by atoms with Crippen molar-refractivity contribution in [1.29, 1.82) is 0 Å². The summed E-state index contributed by atoms with van der Waals surface area (Å²) in [6.07, 6.45) is 4.67. The van der Waals surface area contributed by atoms with Crippen molar-refractivity contribution in [3.05, 3.63) is 0 Å². The van der Waals surface area contributed by atoms with Crippen molar-refractivity contribution in [3.8, 4) is 0 Å². The Bertz CT molecular complexity index is 514. The minimum Gasteiger partial charge on any atom is -0.357 e. The number of amides is 1. The van der Waals surface area contributed by atoms with Crippen LogP contribution in [0.2, 0.25) is 0 Å². The van der Waals surface area contributed by atoms with Crippen LogP contribution in [0.1, 0.15) is 60.3 Å². The molecule has 30 heavy (non-hydrogen) atoms. The molecule has 0 spiro atoms. The summed E-state index contributed by atoms with van der Waals surface area (Å²) in [7, 11) is 0. The Kier molecular flexibility index (Phi) is 10.9. The maximum atomic E-state index is 12.5. The molecule has 0 aromatic rings. The maximum Gasteiger partial charge on any atom is 0.236 e. The Hall–Kier alpha value is -1.34. The van der Waals surface area contributed by atoms with Gasteiger partial charge in [-0.05, 0) is 60.3 Å². The molecule has 0 atom stereocenters. The highest BCUT2D eigenvalue weighted by molar-refractivity contribution is 5.80. The van der Waals surface area contributed by atoms with Gasteiger partial charge in [-0.15, -0.1) is 0 Å². The zero-order chi connectivity index (χ0) is 21.9. The van der Waals surface area contributed by atoms with Crippen LogP contribution in [0, 0.1) is 0 Å². The third-order valence-electron chi connectivity index (χ3n) is 6.24. The Morgan fingerprint density at radius 2 is 1.57 bits per heavy atom. The van der Waals surface area contributed by atoms with Gasteiger partial charge in [0.05, 0.1) is 6.54 Å². The molecule has 0 saturated carbocycles. The SMILES string of the molecule is CCNC(=NCCCN(C(C)C)C(C)C)N1CCN(CC(=O)N2CCCCC2)CC1. The maximum absolute atomic E-state index is 12.5. The van der Waals surface area contributed by atoms with Gasteiger partial charge in [0, 0.05) is 71.0 Å². The van der Waals surface area contributed by atoms with E-state index in [1.165, 1.54) is 6.42 Å². The Labute approximate surface area is 184 Å². The van der Waals surface area contributed by atoms with E-state index in [9.17, 15) is 4.79 Å². The monoisotopic (exact) mass is 422 g/mol. The van der Waals surface area contributed by atoms with Gasteiger partial charge >= 0.3 is 0 Å². The molecule has 1 amide bonds. The number of guanidine groups is 1. The lowest BCUT2D eigenvalue weighted by atomic mass is 10.1. The van der Waals surface area contributed by atoms with E-state index >= 15 is 0 Å². The van der Waals surface area contributed by atoms with E-state index < -0.39 is 0 Å². The van der Waals surface area contributed by atoms with Crippen molar-refractivity contribution in [3.63, 3.8) is 0 Å². The number of nitrogens with zero attached hydrogens (tertiary/aromatic N) is 5. The molecule has 2 aliphatic heterocycles. The molecule has 174 valence electrons. The third-order valence-corrected chi connectivity index (χ3v) is 6.24. The number of piperazine rings is 1. The molecule has 0 aromatic heterocycles. The second kappa shape index (κ2) is 13.2. The standard InChI is InChI=1S/C23H46N6O/c1-6-24-23(25-11-10-14-29(20(2)3)21(4)5)28-17-15-26(16-18-28)19-22(30)27-12-8-7-9-13-27/h20-21H,6-19H2,1-5H3,(H,24,25). The van der Waals surface area contributed by atoms with E-state index in [2.05, 4.69) is 59.5 Å². The first-order chi connectivity index (χ1) is 14.4. The van der Waals surface area contributed by atoms with Crippen LogP contribution < -0.4 is 5.32 Å². The van der Waals surface area contributed by atoms with E-state index in [4.69, 9.17) is 4.99 Å². The number of rotatable bonds is 9. The van der Waals surface area contributed by atoms with Gasteiger partial charge in [0.25, 0.3) is 0 Å². The first kappa shape index (κ1) is 24.9. The molecule has 2 aliphatic rings. The summed E-state index contributed by atoms with van der Waals surface area (Å²) in [4.78, 5) is 26.7. The normalized spacial score (nSPS) is 19.3. The average Bonchev–Trinajstić information content (AvgIpc) is 2.73. The average molecular weight is 423 g/mol. The van der Waals surface area contributed by atoms with E-state index in [0.29, 0.717) is 24.5 Å². The Balaban J connectivity index is 1.77. The first-order valence-corrected chi connectivity index (χ1v) is 12.2. The molecule has 7 nitrogen and oxygen atoms in total. The highest BCUT2D eigenvalue weighted by Crippen LogP contribution is 2.10. The summed E-state index contributed by atoms with van der Waals surface area (Å²) in [6.45, 7) is 20.2. The topological polar surface area (TPSA) is 54.4 Å². The van der Waals surface area contributed by atoms with E-state index in [-0.39, 0.29) is 0 Å². The lowest BCUT2D eigenvalue weighted by Crippen LogP contribution is -2.54. The van der Waals surface area contributed by atoms with Crippen LogP contribution in [0.4, 0.5) is 0 Å². The number of hydrogen-bond acceptors (Lipinski definition) is 4. The van der Waals surface area contributed by atoms with Crippen LogP contribution in [0.5, 0.6) is 0 Å². The molecule has 0 radical (unpaired) electrons. The Morgan fingerprint density at radius 3 is 2.13 bits per heavy atom. The van der Waals surface area contributed by atoms with Crippen molar-refractivity contribution in [2.45, 2.75) is 72.4 Å². The number of nitrogens with one attached hydrogen (secondary N) is 1. The van der Waals surface area contributed by atoms with Gasteiger partial charge in [-0.2, -0.15) is 0 Å². The van der Waals surface area contributed by atoms with Gasteiger partial charge in [-0.1, -0.05) is 0 Å². The fourth-order valence-corrected chi connectivity index (χ4v) is 4.53. The van der Waals surface area contributed by atoms with E-state index in [1.54, 1.807) is 0 Å². The van der Waals surface area contributed by atoms with Crippen LogP contribution in [0.15, 0.2) is 4.99 Å². The summed E-state index contributed by atoms with van der Waals surface area (Å²) in [5, 5.41) is 3.46. The largest absolute Gasteiger partial charge is 0.357 e. The summed E-state index contributed by atoms with van der Waals surface area (Å²) < 4.78 is 0. The van der Waals surface area contributed by atoms with Gasteiger partial charge in [-0.3, -0.25) is 19.6 Å². The zero-order valence-electron chi connectivity index (χ0n) is 20.2. The van der Waals surface area contributed by atoms with E-state index in [1.807, 2.05) is 0 Å². The number of carbonyl (C=O) groups excluding carboxylic acids is 1. The van der Waals surface area contributed by atoms with Gasteiger partial charge in [0.1, 0.15) is 0 Å². The van der Waals surface area contributed by atoms with Crippen molar-refractivity contribution in [2.75, 3.05) is 65.4 Å². The summed E-state index contributed by atoms with van der Waals surface area (Å²) in [5.41, 5.74) is 0. The zero-order valence-corrected chi connectivity index (χ0v) is 20.2. The van der Waals surface area contributed by atoms with Crippen LogP contribution in [-0.2, 0) is 4.79 Å². The first-order valence-electron chi connectivity index (χ1n) is 12.2. The molecule has 2 heterocycles. The van der Waals surface area contributed by atoms with Crippen LogP contribution in [-0.4, -0.2) is 109 Å². The van der Waals surface area contributed by atoms with E-state index in [0.717, 1.165) is 84.1 Å². The number of carbonyl (C=O) groups is 1. The number of likely N-dealkylation sites (tertiary alicyclic amines) is 1. The molecule has 0 aromatic carbocycles. The minimum atomic E-state index is 0.309. The lowest BCUT2D eigenvalue weighted by Gasteiger charge is -2.37. The summed E-state index contributed by atoms with van der Waals surface area (Å²) in [6, 6.07) is 1.14. The van der Waals surface area contributed by atoms with Crippen molar-refractivity contribution < 1.29 is 4.79 Å². The van der Waals surface area contributed by atoms with Crippen molar-refractivity contribution >= 4 is 11.9 Å². The van der Waals surface area contributed by atoms with Crippen molar-refractivity contribution in [2.24, 2.45) is 4.99 Å². The number of hydrogen-bond donors (Lipinski definition) is 1. The highest BCUT2D eigenvalue weighted by atomic mass is 16.2. The van der Waals surface area contributed by atoms with Crippen LogP contribution >= 0.6 is 0 Å². The summed E-state index contributed by atoms with van der Waals surface area (Å²) >= 11 is 0. The number of aliphatic imine (C=N–C) groups is 1. The van der Waals surface area contributed by atoms with Crippen LogP contribution in [0.3, 0.4) is 0 Å². The molecule has 7 heteroatoms. The van der Waals surface area contributed by atoms with Gasteiger partial charge in [0.2, 0.25) is 5.91 Å². The molecule has 2 fully saturated rings. The molecule has 2 rings (SSSR count). The molecular formula is C23H46N6O. The predicted molar refractivity (Wildman–Crippen MR) is 126 cm³/mol. The quantitative estimate of drug-likeness (QED) is 0.350. The molecule has 0 bridgehead atoms.